The summed E-state index contributed by atoms with van der Waals surface area (Å²) in [7, 11) is 1.66. The van der Waals surface area contributed by atoms with E-state index in [0.717, 1.165) is 32.2 Å². The van der Waals surface area contributed by atoms with Crippen molar-refractivity contribution in [3.63, 3.8) is 0 Å². The number of nitrogens with one attached hydrogen (secondary N) is 1. The molecule has 1 rings (SSSR count). The van der Waals surface area contributed by atoms with Gasteiger partial charge in [-0.15, -0.1) is 0 Å². The van der Waals surface area contributed by atoms with E-state index in [1.165, 1.54) is 0 Å². The Kier molecular flexibility index (Phi) is 5.27. The van der Waals surface area contributed by atoms with Crippen molar-refractivity contribution in [2.75, 3.05) is 20.1 Å². The first kappa shape index (κ1) is 13.0. The lowest BCUT2D eigenvalue weighted by Crippen LogP contribution is -2.44. The molecule has 4 nitrogen and oxygen atoms in total. The third-order valence-corrected chi connectivity index (χ3v) is 3.25. The van der Waals surface area contributed by atoms with Gasteiger partial charge in [0.1, 0.15) is 0 Å². The molecule has 0 spiro atoms. The summed E-state index contributed by atoms with van der Waals surface area (Å²) in [6, 6.07) is 2.65. The number of nitriles is 1. The molecule has 0 aromatic heterocycles. The standard InChI is InChI=1S/C12H21N3O/c1-3-7-15(9-12(16)14-2)11-6-4-5-10(11)8-13/h10-11H,3-7,9H2,1-2H3,(H,14,16). The van der Waals surface area contributed by atoms with Gasteiger partial charge in [-0.25, -0.2) is 0 Å². The van der Waals surface area contributed by atoms with Crippen LogP contribution in [-0.4, -0.2) is 37.0 Å². The Bertz CT molecular complexity index is 272. The molecule has 0 radical (unpaired) electrons. The Morgan fingerprint density at radius 2 is 2.31 bits per heavy atom. The quantitative estimate of drug-likeness (QED) is 0.760. The average Bonchev–Trinajstić information content (AvgIpc) is 2.76. The second kappa shape index (κ2) is 6.49. The van der Waals surface area contributed by atoms with Crippen molar-refractivity contribution < 1.29 is 4.79 Å². The lowest BCUT2D eigenvalue weighted by atomic mass is 10.0. The Hall–Kier alpha value is -1.08. The summed E-state index contributed by atoms with van der Waals surface area (Å²) in [5.41, 5.74) is 0. The van der Waals surface area contributed by atoms with Gasteiger partial charge in [0.15, 0.2) is 0 Å². The second-order valence-electron chi connectivity index (χ2n) is 4.38. The topological polar surface area (TPSA) is 56.1 Å². The number of rotatable bonds is 5. The molecule has 0 aliphatic heterocycles. The van der Waals surface area contributed by atoms with Gasteiger partial charge in [-0.1, -0.05) is 13.3 Å². The third kappa shape index (κ3) is 3.21. The van der Waals surface area contributed by atoms with Gasteiger partial charge in [0.25, 0.3) is 0 Å². The predicted octanol–water partition coefficient (Wildman–Crippen LogP) is 1.14. The van der Waals surface area contributed by atoms with Crippen molar-refractivity contribution in [1.29, 1.82) is 5.26 Å². The summed E-state index contributed by atoms with van der Waals surface area (Å²) >= 11 is 0. The average molecular weight is 223 g/mol. The van der Waals surface area contributed by atoms with Crippen LogP contribution in [0.25, 0.3) is 0 Å². The van der Waals surface area contributed by atoms with E-state index in [-0.39, 0.29) is 17.9 Å². The molecule has 2 atom stereocenters. The van der Waals surface area contributed by atoms with Crippen LogP contribution in [0.3, 0.4) is 0 Å². The molecule has 16 heavy (non-hydrogen) atoms. The largest absolute Gasteiger partial charge is 0.358 e. The number of likely N-dealkylation sites (N-methyl/N-ethyl adjacent to an activating group) is 1. The highest BCUT2D eigenvalue weighted by atomic mass is 16.1. The van der Waals surface area contributed by atoms with Gasteiger partial charge in [0.05, 0.1) is 18.5 Å². The monoisotopic (exact) mass is 223 g/mol. The van der Waals surface area contributed by atoms with E-state index >= 15 is 0 Å². The number of hydrogen-bond acceptors (Lipinski definition) is 3. The molecule has 0 bridgehead atoms. The molecule has 0 aromatic rings. The van der Waals surface area contributed by atoms with Crippen LogP contribution in [-0.2, 0) is 4.79 Å². The maximum Gasteiger partial charge on any atom is 0.233 e. The molecular formula is C12H21N3O. The maximum absolute atomic E-state index is 11.4. The van der Waals surface area contributed by atoms with E-state index in [1.807, 2.05) is 0 Å². The highest BCUT2D eigenvalue weighted by Gasteiger charge is 2.32. The SMILES string of the molecule is CCCN(CC(=O)NC)C1CCCC1C#N. The first-order valence-electron chi connectivity index (χ1n) is 6.07. The molecule has 1 N–H and O–H groups in total. The van der Waals surface area contributed by atoms with Gasteiger partial charge in [-0.05, 0) is 25.8 Å². The molecule has 1 aliphatic rings. The van der Waals surface area contributed by atoms with E-state index in [0.29, 0.717) is 6.54 Å². The molecule has 1 aliphatic carbocycles. The molecule has 90 valence electrons. The zero-order valence-corrected chi connectivity index (χ0v) is 10.2. The Morgan fingerprint density at radius 3 is 2.88 bits per heavy atom. The van der Waals surface area contributed by atoms with Crippen molar-refractivity contribution >= 4 is 5.91 Å². The van der Waals surface area contributed by atoms with Crippen molar-refractivity contribution in [1.82, 2.24) is 10.2 Å². The van der Waals surface area contributed by atoms with E-state index in [2.05, 4.69) is 23.2 Å². The normalized spacial score (nSPS) is 24.4. The van der Waals surface area contributed by atoms with Crippen molar-refractivity contribution in [2.24, 2.45) is 5.92 Å². The second-order valence-corrected chi connectivity index (χ2v) is 4.38. The van der Waals surface area contributed by atoms with Gasteiger partial charge in [0, 0.05) is 13.1 Å². The van der Waals surface area contributed by atoms with Crippen molar-refractivity contribution in [2.45, 2.75) is 38.6 Å². The van der Waals surface area contributed by atoms with Crippen molar-refractivity contribution in [3.8, 4) is 6.07 Å². The zero-order valence-electron chi connectivity index (χ0n) is 10.2. The number of amides is 1. The maximum atomic E-state index is 11.4. The summed E-state index contributed by atoms with van der Waals surface area (Å²) < 4.78 is 0. The molecule has 4 heteroatoms. The van der Waals surface area contributed by atoms with Gasteiger partial charge in [-0.3, -0.25) is 9.69 Å². The number of carbonyl (C=O) groups is 1. The summed E-state index contributed by atoms with van der Waals surface area (Å²) in [6.07, 6.45) is 4.16. The van der Waals surface area contributed by atoms with Gasteiger partial charge in [-0.2, -0.15) is 5.26 Å². The zero-order chi connectivity index (χ0) is 12.0. The Morgan fingerprint density at radius 1 is 1.56 bits per heavy atom. The van der Waals surface area contributed by atoms with Gasteiger partial charge < -0.3 is 5.32 Å². The number of carbonyl (C=O) groups excluding carboxylic acids is 1. The highest BCUT2D eigenvalue weighted by molar-refractivity contribution is 5.77. The van der Waals surface area contributed by atoms with E-state index in [4.69, 9.17) is 5.26 Å². The van der Waals surface area contributed by atoms with Gasteiger partial charge in [0.2, 0.25) is 5.91 Å². The van der Waals surface area contributed by atoms with Gasteiger partial charge >= 0.3 is 0 Å². The first-order valence-corrected chi connectivity index (χ1v) is 6.07. The van der Waals surface area contributed by atoms with Crippen LogP contribution in [0, 0.1) is 17.2 Å². The molecule has 1 amide bonds. The fourth-order valence-electron chi connectivity index (χ4n) is 2.44. The minimum atomic E-state index is 0.0389. The fraction of sp³-hybridized carbons (Fsp3) is 0.833. The van der Waals surface area contributed by atoms with Crippen LogP contribution in [0.15, 0.2) is 0 Å². The van der Waals surface area contributed by atoms with Crippen LogP contribution < -0.4 is 5.32 Å². The summed E-state index contributed by atoms with van der Waals surface area (Å²) in [4.78, 5) is 13.6. The van der Waals surface area contributed by atoms with Crippen LogP contribution in [0.5, 0.6) is 0 Å². The lowest BCUT2D eigenvalue weighted by molar-refractivity contribution is -0.122. The van der Waals surface area contributed by atoms with Crippen LogP contribution in [0.2, 0.25) is 0 Å². The molecule has 0 aromatic carbocycles. The Labute approximate surface area is 97.6 Å². The minimum Gasteiger partial charge on any atom is -0.358 e. The lowest BCUT2D eigenvalue weighted by Gasteiger charge is -2.29. The number of nitrogens with zero attached hydrogens (tertiary/aromatic N) is 2. The fourth-order valence-corrected chi connectivity index (χ4v) is 2.44. The van der Waals surface area contributed by atoms with E-state index in [1.54, 1.807) is 7.05 Å². The highest BCUT2D eigenvalue weighted by Crippen LogP contribution is 2.29. The smallest absolute Gasteiger partial charge is 0.233 e. The van der Waals surface area contributed by atoms with E-state index in [9.17, 15) is 4.79 Å². The summed E-state index contributed by atoms with van der Waals surface area (Å²) in [6.45, 7) is 3.43. The van der Waals surface area contributed by atoms with Crippen LogP contribution >= 0.6 is 0 Å². The molecule has 2 unspecified atom stereocenters. The Balaban J connectivity index is 2.61. The molecule has 1 fully saturated rings. The van der Waals surface area contributed by atoms with Crippen LogP contribution in [0.4, 0.5) is 0 Å². The molecule has 1 saturated carbocycles. The first-order chi connectivity index (χ1) is 7.72. The summed E-state index contributed by atoms with van der Waals surface area (Å²) in [5, 5.41) is 11.7. The molecule has 0 heterocycles. The molecular weight excluding hydrogens is 202 g/mol. The van der Waals surface area contributed by atoms with Crippen LogP contribution in [0.1, 0.15) is 32.6 Å². The van der Waals surface area contributed by atoms with E-state index < -0.39 is 0 Å². The minimum absolute atomic E-state index is 0.0389. The number of hydrogen-bond donors (Lipinski definition) is 1. The van der Waals surface area contributed by atoms with Crippen molar-refractivity contribution in [3.05, 3.63) is 0 Å². The predicted molar refractivity (Wildman–Crippen MR) is 62.7 cm³/mol. The molecule has 0 saturated heterocycles. The summed E-state index contributed by atoms with van der Waals surface area (Å²) in [5.74, 6) is 0.147. The third-order valence-electron chi connectivity index (χ3n) is 3.25.